The zero-order chi connectivity index (χ0) is 11.5. The Kier molecular flexibility index (Phi) is 7.28. The summed E-state index contributed by atoms with van der Waals surface area (Å²) in [5, 5.41) is 10.5. The van der Waals surface area contributed by atoms with E-state index in [4.69, 9.17) is 0 Å². The van der Waals surface area contributed by atoms with Gasteiger partial charge in [-0.05, 0) is 32.9 Å². The van der Waals surface area contributed by atoms with E-state index < -0.39 is 0 Å². The zero-order valence-electron chi connectivity index (χ0n) is 10.6. The molecule has 1 aliphatic heterocycles. The van der Waals surface area contributed by atoms with Crippen molar-refractivity contribution in [2.24, 2.45) is 0 Å². The van der Waals surface area contributed by atoms with E-state index in [1.807, 2.05) is 19.9 Å². The van der Waals surface area contributed by atoms with E-state index >= 15 is 0 Å². The second-order valence-corrected chi connectivity index (χ2v) is 4.34. The molecule has 0 radical (unpaired) electrons. The largest absolute Gasteiger partial charge is 0.350 e. The Morgan fingerprint density at radius 2 is 2.28 bits per heavy atom. The topological polar surface area (TPSA) is 59.0 Å². The molecule has 18 heavy (non-hydrogen) atoms. The first kappa shape index (κ1) is 17.2. The number of aryl methyl sites for hydroxylation is 2. The first-order valence-corrected chi connectivity index (χ1v) is 5.66. The fourth-order valence-corrected chi connectivity index (χ4v) is 2.02. The summed E-state index contributed by atoms with van der Waals surface area (Å²) >= 11 is 0. The molecule has 1 atom stereocenters. The number of carbonyl (C=O) groups excluding carboxylic acids is 1. The Balaban J connectivity index is 0.00000144. The lowest BCUT2D eigenvalue weighted by Gasteiger charge is -2.11. The van der Waals surface area contributed by atoms with Crippen LogP contribution in [-0.4, -0.2) is 34.8 Å². The third kappa shape index (κ3) is 4.48. The zero-order valence-corrected chi connectivity index (χ0v) is 12.2. The summed E-state index contributed by atoms with van der Waals surface area (Å²) in [7, 11) is 0. The van der Waals surface area contributed by atoms with Gasteiger partial charge in [-0.1, -0.05) is 0 Å². The van der Waals surface area contributed by atoms with Crippen LogP contribution in [0.2, 0.25) is 0 Å². The average molecular weight is 295 g/mol. The minimum Gasteiger partial charge on any atom is -0.350 e. The summed E-state index contributed by atoms with van der Waals surface area (Å²) in [6, 6.07) is 2.26. The molecule has 7 heteroatoms. The maximum absolute atomic E-state index is 11.7. The van der Waals surface area contributed by atoms with Gasteiger partial charge in [0.05, 0.1) is 5.69 Å². The van der Waals surface area contributed by atoms with Crippen molar-refractivity contribution in [2.45, 2.75) is 32.9 Å². The van der Waals surface area contributed by atoms with Crippen molar-refractivity contribution in [3.05, 3.63) is 17.5 Å². The SMILES string of the molecule is Cc1cc(C)n(CC(=O)NC2CCNC2)n1.Cl.Cl. The van der Waals surface area contributed by atoms with Crippen LogP contribution in [0.4, 0.5) is 0 Å². The third-order valence-corrected chi connectivity index (χ3v) is 2.82. The first-order valence-electron chi connectivity index (χ1n) is 5.66. The molecule has 1 aliphatic rings. The minimum absolute atomic E-state index is 0. The molecule has 1 fully saturated rings. The van der Waals surface area contributed by atoms with Crippen molar-refractivity contribution in [3.8, 4) is 0 Å². The van der Waals surface area contributed by atoms with Crippen LogP contribution in [0.25, 0.3) is 0 Å². The molecule has 1 saturated heterocycles. The molecule has 104 valence electrons. The number of halogens is 2. The van der Waals surface area contributed by atoms with E-state index in [1.54, 1.807) is 4.68 Å². The molecule has 1 aromatic heterocycles. The Bertz CT molecular complexity index is 388. The highest BCUT2D eigenvalue weighted by Gasteiger charge is 2.17. The predicted molar refractivity (Wildman–Crippen MR) is 75.6 cm³/mol. The Morgan fingerprint density at radius 1 is 1.56 bits per heavy atom. The van der Waals surface area contributed by atoms with Crippen LogP contribution < -0.4 is 10.6 Å². The lowest BCUT2D eigenvalue weighted by Crippen LogP contribution is -2.38. The standard InChI is InChI=1S/C11H18N4O.2ClH/c1-8-5-9(2)15(14-8)7-11(16)13-10-3-4-12-6-10;;/h5,10,12H,3-4,6-7H2,1-2H3,(H,13,16);2*1H. The molecule has 2 heterocycles. The summed E-state index contributed by atoms with van der Waals surface area (Å²) in [6.45, 7) is 6.08. The molecular weight excluding hydrogens is 275 g/mol. The summed E-state index contributed by atoms with van der Waals surface area (Å²) in [6.07, 6.45) is 1.02. The van der Waals surface area contributed by atoms with E-state index in [9.17, 15) is 4.79 Å². The molecule has 0 bridgehead atoms. The maximum atomic E-state index is 11.7. The highest BCUT2D eigenvalue weighted by atomic mass is 35.5. The van der Waals surface area contributed by atoms with E-state index in [2.05, 4.69) is 15.7 Å². The number of hydrogen-bond donors (Lipinski definition) is 2. The van der Waals surface area contributed by atoms with Crippen LogP contribution in [0.1, 0.15) is 17.8 Å². The number of nitrogens with zero attached hydrogens (tertiary/aromatic N) is 2. The van der Waals surface area contributed by atoms with E-state index in [0.29, 0.717) is 6.54 Å². The number of nitrogens with one attached hydrogen (secondary N) is 2. The summed E-state index contributed by atoms with van der Waals surface area (Å²) in [4.78, 5) is 11.7. The quantitative estimate of drug-likeness (QED) is 0.868. The van der Waals surface area contributed by atoms with Crippen LogP contribution in [0.3, 0.4) is 0 Å². The maximum Gasteiger partial charge on any atom is 0.242 e. The molecule has 0 saturated carbocycles. The van der Waals surface area contributed by atoms with Gasteiger partial charge in [0.2, 0.25) is 5.91 Å². The molecule has 1 amide bonds. The van der Waals surface area contributed by atoms with E-state index in [-0.39, 0.29) is 36.8 Å². The summed E-state index contributed by atoms with van der Waals surface area (Å²) in [5.74, 6) is 0.0416. The Morgan fingerprint density at radius 3 is 2.78 bits per heavy atom. The first-order chi connectivity index (χ1) is 7.65. The van der Waals surface area contributed by atoms with Gasteiger partial charge in [-0.3, -0.25) is 9.48 Å². The van der Waals surface area contributed by atoms with Crippen molar-refractivity contribution in [1.29, 1.82) is 0 Å². The van der Waals surface area contributed by atoms with Gasteiger partial charge in [-0.2, -0.15) is 5.10 Å². The van der Waals surface area contributed by atoms with Crippen LogP contribution >= 0.6 is 24.8 Å². The van der Waals surface area contributed by atoms with Gasteiger partial charge in [0, 0.05) is 18.3 Å². The molecule has 1 aromatic rings. The van der Waals surface area contributed by atoms with Gasteiger partial charge in [-0.25, -0.2) is 0 Å². The van der Waals surface area contributed by atoms with Crippen molar-refractivity contribution in [3.63, 3.8) is 0 Å². The van der Waals surface area contributed by atoms with Crippen LogP contribution in [-0.2, 0) is 11.3 Å². The second kappa shape index (κ2) is 7.61. The van der Waals surface area contributed by atoms with Crippen molar-refractivity contribution in [1.82, 2.24) is 20.4 Å². The van der Waals surface area contributed by atoms with E-state index in [1.165, 1.54) is 0 Å². The molecule has 1 unspecified atom stereocenters. The molecule has 0 aromatic carbocycles. The third-order valence-electron chi connectivity index (χ3n) is 2.82. The fourth-order valence-electron chi connectivity index (χ4n) is 2.02. The second-order valence-electron chi connectivity index (χ2n) is 4.34. The minimum atomic E-state index is 0. The van der Waals surface area contributed by atoms with Gasteiger partial charge >= 0.3 is 0 Å². The molecule has 0 aliphatic carbocycles. The van der Waals surface area contributed by atoms with Gasteiger partial charge in [0.15, 0.2) is 0 Å². The smallest absolute Gasteiger partial charge is 0.242 e. The fraction of sp³-hybridized carbons (Fsp3) is 0.636. The summed E-state index contributed by atoms with van der Waals surface area (Å²) in [5.41, 5.74) is 1.98. The molecule has 0 spiro atoms. The monoisotopic (exact) mass is 294 g/mol. The molecule has 5 nitrogen and oxygen atoms in total. The predicted octanol–water partition coefficient (Wildman–Crippen LogP) is 0.822. The van der Waals surface area contributed by atoms with Crippen molar-refractivity contribution < 1.29 is 4.79 Å². The number of carbonyl (C=O) groups is 1. The van der Waals surface area contributed by atoms with Gasteiger partial charge < -0.3 is 10.6 Å². The van der Waals surface area contributed by atoms with Crippen LogP contribution in [0.15, 0.2) is 6.07 Å². The van der Waals surface area contributed by atoms with Crippen molar-refractivity contribution in [2.75, 3.05) is 13.1 Å². The molecular formula is C11H20Cl2N4O. The molecule has 2 rings (SSSR count). The van der Waals surface area contributed by atoms with Gasteiger partial charge in [0.25, 0.3) is 0 Å². The van der Waals surface area contributed by atoms with Crippen LogP contribution in [0, 0.1) is 13.8 Å². The van der Waals surface area contributed by atoms with Gasteiger partial charge in [-0.15, -0.1) is 24.8 Å². The van der Waals surface area contributed by atoms with E-state index in [0.717, 1.165) is 30.9 Å². The number of hydrogen-bond acceptors (Lipinski definition) is 3. The number of amides is 1. The summed E-state index contributed by atoms with van der Waals surface area (Å²) < 4.78 is 1.74. The Labute approximate surface area is 120 Å². The lowest BCUT2D eigenvalue weighted by atomic mass is 10.2. The number of rotatable bonds is 3. The normalized spacial score (nSPS) is 17.8. The Hall–Kier alpha value is -0.780. The van der Waals surface area contributed by atoms with Crippen molar-refractivity contribution >= 4 is 30.7 Å². The average Bonchev–Trinajstić information content (AvgIpc) is 2.78. The lowest BCUT2D eigenvalue weighted by molar-refractivity contribution is -0.122. The van der Waals surface area contributed by atoms with Gasteiger partial charge in [0.1, 0.15) is 6.54 Å². The highest BCUT2D eigenvalue weighted by Crippen LogP contribution is 2.02. The van der Waals surface area contributed by atoms with Crippen LogP contribution in [0.5, 0.6) is 0 Å². The number of aromatic nitrogens is 2. The molecule has 2 N–H and O–H groups in total. The highest BCUT2D eigenvalue weighted by molar-refractivity contribution is 5.85.